The second-order valence-corrected chi connectivity index (χ2v) is 13.2. The lowest BCUT2D eigenvalue weighted by Crippen LogP contribution is -2.42. The van der Waals surface area contributed by atoms with Crippen LogP contribution in [0.25, 0.3) is 5.82 Å². The minimum absolute atomic E-state index is 0.0326. The number of nitrogens with one attached hydrogen (secondary N) is 2. The van der Waals surface area contributed by atoms with Crippen LogP contribution in [0, 0.1) is 6.92 Å². The van der Waals surface area contributed by atoms with E-state index in [1.165, 1.54) is 31.3 Å². The third-order valence-corrected chi connectivity index (χ3v) is 8.40. The number of hydrogen-bond donors (Lipinski definition) is 2. The first-order valence-electron chi connectivity index (χ1n) is 12.2. The van der Waals surface area contributed by atoms with E-state index in [0.29, 0.717) is 10.7 Å². The topological polar surface area (TPSA) is 135 Å². The standard InChI is InChI=1S/C25H20Cl2F6N6O4S/c1-12-8-13(26)9-14(20(40)36-23(5-6-23)11-44(2,43)38-22(42)25(31,32)33)18(12)35-21(41)16-10-17(24(28,29)30)37-39(16)19-15(27)4-3-7-34-19/h3-4,7-10H,5-6,11H2,1-2H3,(H,35,41)(H,36,40). The molecule has 10 nitrogen and oxygen atoms in total. The van der Waals surface area contributed by atoms with Gasteiger partial charge in [-0.25, -0.2) is 13.9 Å². The van der Waals surface area contributed by atoms with Gasteiger partial charge in [-0.2, -0.15) is 35.8 Å². The summed E-state index contributed by atoms with van der Waals surface area (Å²) >= 11 is 12.2. The molecule has 3 amide bonds. The van der Waals surface area contributed by atoms with Gasteiger partial charge in [0.1, 0.15) is 5.69 Å². The number of amides is 3. The third-order valence-electron chi connectivity index (χ3n) is 6.25. The van der Waals surface area contributed by atoms with E-state index in [1.54, 1.807) is 0 Å². The summed E-state index contributed by atoms with van der Waals surface area (Å²) in [5, 5.41) is 8.31. The summed E-state index contributed by atoms with van der Waals surface area (Å²) < 4.78 is 94.7. The lowest BCUT2D eigenvalue weighted by Gasteiger charge is -2.20. The van der Waals surface area contributed by atoms with E-state index in [-0.39, 0.29) is 45.5 Å². The average Bonchev–Trinajstić information content (AvgIpc) is 3.45. The molecular weight excluding hydrogens is 665 g/mol. The number of rotatable bonds is 7. The van der Waals surface area contributed by atoms with E-state index < -0.39 is 62.5 Å². The number of aryl methyl sites for hydroxylation is 1. The summed E-state index contributed by atoms with van der Waals surface area (Å²) in [4.78, 5) is 42.0. The van der Waals surface area contributed by atoms with E-state index in [2.05, 4.69) is 25.1 Å². The molecule has 1 aliphatic carbocycles. The Hall–Kier alpha value is -3.70. The van der Waals surface area contributed by atoms with Crippen LogP contribution >= 0.6 is 23.2 Å². The van der Waals surface area contributed by atoms with Crippen LogP contribution in [-0.2, 0) is 20.7 Å². The first-order chi connectivity index (χ1) is 20.2. The van der Waals surface area contributed by atoms with Gasteiger partial charge in [0.25, 0.3) is 11.8 Å². The molecule has 1 saturated carbocycles. The molecule has 236 valence electrons. The second-order valence-electron chi connectivity index (χ2n) is 9.96. The van der Waals surface area contributed by atoms with Crippen LogP contribution in [0.15, 0.2) is 40.9 Å². The van der Waals surface area contributed by atoms with Crippen LogP contribution in [0.5, 0.6) is 0 Å². The van der Waals surface area contributed by atoms with Gasteiger partial charge in [0.05, 0.1) is 37.3 Å². The van der Waals surface area contributed by atoms with Crippen LogP contribution in [0.3, 0.4) is 0 Å². The predicted molar refractivity (Wildman–Crippen MR) is 147 cm³/mol. The highest BCUT2D eigenvalue weighted by Crippen LogP contribution is 2.38. The van der Waals surface area contributed by atoms with Gasteiger partial charge in [-0.15, -0.1) is 0 Å². The SMILES string of the molecule is Cc1cc(Cl)cc(C(=O)NC2(CS(C)(=O)=NC(=O)C(F)(F)F)CC2)c1NC(=O)c1cc(C(F)(F)F)nn1-c1ncccc1Cl. The van der Waals surface area contributed by atoms with E-state index in [0.717, 1.165) is 12.3 Å². The zero-order valence-electron chi connectivity index (χ0n) is 22.4. The Kier molecular flexibility index (Phi) is 8.80. The maximum absolute atomic E-state index is 13.5. The summed E-state index contributed by atoms with van der Waals surface area (Å²) in [7, 11) is -3.74. The van der Waals surface area contributed by atoms with Crippen molar-refractivity contribution in [3.05, 3.63) is 69.1 Å². The van der Waals surface area contributed by atoms with Gasteiger partial charge in [-0.05, 0) is 49.6 Å². The Labute approximate surface area is 255 Å². The predicted octanol–water partition coefficient (Wildman–Crippen LogP) is 5.60. The second kappa shape index (κ2) is 11.7. The molecule has 0 spiro atoms. The number of pyridine rings is 1. The molecule has 44 heavy (non-hydrogen) atoms. The van der Waals surface area contributed by atoms with Gasteiger partial charge >= 0.3 is 18.3 Å². The molecule has 2 heterocycles. The quantitative estimate of drug-likeness (QED) is 0.311. The van der Waals surface area contributed by atoms with Crippen molar-refractivity contribution in [1.82, 2.24) is 20.1 Å². The van der Waals surface area contributed by atoms with Crippen molar-refractivity contribution in [2.45, 2.75) is 37.7 Å². The molecule has 1 fully saturated rings. The first kappa shape index (κ1) is 33.2. The monoisotopic (exact) mass is 684 g/mol. The number of carbonyl (C=O) groups excluding carboxylic acids is 3. The van der Waals surface area contributed by atoms with Crippen LogP contribution in [0.4, 0.5) is 32.0 Å². The van der Waals surface area contributed by atoms with Crippen molar-refractivity contribution >= 4 is 56.3 Å². The van der Waals surface area contributed by atoms with Crippen molar-refractivity contribution in [2.75, 3.05) is 17.3 Å². The summed E-state index contributed by atoms with van der Waals surface area (Å²) in [5.74, 6) is -5.44. The smallest absolute Gasteiger partial charge is 0.346 e. The Morgan fingerprint density at radius 2 is 1.75 bits per heavy atom. The third kappa shape index (κ3) is 7.50. The Balaban J connectivity index is 1.67. The molecule has 3 aromatic rings. The summed E-state index contributed by atoms with van der Waals surface area (Å²) in [6, 6.07) is 5.70. The first-order valence-corrected chi connectivity index (χ1v) is 15.1. The van der Waals surface area contributed by atoms with Crippen molar-refractivity contribution < 1.29 is 44.9 Å². The molecule has 0 radical (unpaired) electrons. The van der Waals surface area contributed by atoms with Crippen LogP contribution in [0.2, 0.25) is 10.0 Å². The van der Waals surface area contributed by atoms with Crippen LogP contribution in [0.1, 0.15) is 44.9 Å². The van der Waals surface area contributed by atoms with Gasteiger partial charge < -0.3 is 10.6 Å². The zero-order chi connectivity index (χ0) is 32.8. The lowest BCUT2D eigenvalue weighted by molar-refractivity contribution is -0.169. The van der Waals surface area contributed by atoms with Gasteiger partial charge in [0.2, 0.25) is 0 Å². The van der Waals surface area contributed by atoms with Gasteiger partial charge in [0.15, 0.2) is 11.5 Å². The molecule has 19 heteroatoms. The summed E-state index contributed by atoms with van der Waals surface area (Å²) in [6.07, 6.45) is -7.84. The molecule has 0 saturated heterocycles. The molecule has 1 aromatic carbocycles. The van der Waals surface area contributed by atoms with E-state index >= 15 is 0 Å². The number of nitrogens with zero attached hydrogens (tertiary/aromatic N) is 4. The number of carbonyl (C=O) groups is 3. The highest BCUT2D eigenvalue weighted by molar-refractivity contribution is 7.93. The van der Waals surface area contributed by atoms with E-state index in [1.807, 2.05) is 0 Å². The maximum Gasteiger partial charge on any atom is 0.474 e. The molecule has 1 unspecified atom stereocenters. The minimum atomic E-state index is -5.33. The molecular formula is C25H20Cl2F6N6O4S. The minimum Gasteiger partial charge on any atom is -0.346 e. The van der Waals surface area contributed by atoms with Gasteiger partial charge in [-0.3, -0.25) is 14.4 Å². The van der Waals surface area contributed by atoms with Crippen molar-refractivity contribution in [2.24, 2.45) is 4.36 Å². The average molecular weight is 685 g/mol. The van der Waals surface area contributed by atoms with E-state index in [9.17, 15) is 44.9 Å². The molecule has 0 aliphatic heterocycles. The van der Waals surface area contributed by atoms with Crippen LogP contribution in [-0.4, -0.2) is 60.4 Å². The van der Waals surface area contributed by atoms with E-state index in [4.69, 9.17) is 23.2 Å². The zero-order valence-corrected chi connectivity index (χ0v) is 24.8. The van der Waals surface area contributed by atoms with Crippen molar-refractivity contribution in [3.63, 3.8) is 0 Å². The Morgan fingerprint density at radius 1 is 1.09 bits per heavy atom. The Bertz CT molecular complexity index is 1800. The number of aromatic nitrogens is 3. The molecule has 1 aliphatic rings. The molecule has 0 bridgehead atoms. The number of hydrogen-bond acceptors (Lipinski definition) is 6. The summed E-state index contributed by atoms with van der Waals surface area (Å²) in [6.45, 7) is 1.44. The highest BCUT2D eigenvalue weighted by Gasteiger charge is 2.47. The molecule has 1 atom stereocenters. The fourth-order valence-electron chi connectivity index (χ4n) is 4.18. The normalized spacial score (nSPS) is 15.7. The van der Waals surface area contributed by atoms with Crippen molar-refractivity contribution in [3.8, 4) is 5.82 Å². The summed E-state index contributed by atoms with van der Waals surface area (Å²) in [5.41, 5.74) is -3.58. The van der Waals surface area contributed by atoms with Crippen LogP contribution < -0.4 is 10.6 Å². The number of anilines is 1. The molecule has 2 N–H and O–H groups in total. The number of halogens is 8. The van der Waals surface area contributed by atoms with Gasteiger partial charge in [-0.1, -0.05) is 23.2 Å². The lowest BCUT2D eigenvalue weighted by atomic mass is 10.1. The van der Waals surface area contributed by atoms with Gasteiger partial charge in [0, 0.05) is 23.5 Å². The maximum atomic E-state index is 13.5. The largest absolute Gasteiger partial charge is 0.474 e. The number of alkyl halides is 6. The molecule has 2 aromatic heterocycles. The van der Waals surface area contributed by atoms with Crippen molar-refractivity contribution in [1.29, 1.82) is 0 Å². The fraction of sp³-hybridized carbons (Fsp3) is 0.320. The highest BCUT2D eigenvalue weighted by atomic mass is 35.5. The Morgan fingerprint density at radius 3 is 2.32 bits per heavy atom. The molecule has 4 rings (SSSR count). The number of benzene rings is 1. The fourth-order valence-corrected chi connectivity index (χ4v) is 6.56.